The van der Waals surface area contributed by atoms with Gasteiger partial charge in [0.05, 0.1) is 18.0 Å². The molecule has 1 heterocycles. The van der Waals surface area contributed by atoms with Crippen LogP contribution in [0.5, 0.6) is 0 Å². The molecule has 0 aromatic heterocycles. The highest BCUT2D eigenvalue weighted by Crippen LogP contribution is 2.24. The van der Waals surface area contributed by atoms with Gasteiger partial charge in [0.25, 0.3) is 5.69 Å². The van der Waals surface area contributed by atoms with Crippen molar-refractivity contribution in [1.29, 1.82) is 0 Å². The molecule has 29 heavy (non-hydrogen) atoms. The van der Waals surface area contributed by atoms with E-state index in [4.69, 9.17) is 0 Å². The Morgan fingerprint density at radius 2 is 2.03 bits per heavy atom. The van der Waals surface area contributed by atoms with Crippen molar-refractivity contribution in [2.75, 3.05) is 32.7 Å². The average Bonchev–Trinajstić information content (AvgIpc) is 2.66. The number of piperidine rings is 1. The van der Waals surface area contributed by atoms with Crippen molar-refractivity contribution in [2.45, 2.75) is 38.9 Å². The van der Waals surface area contributed by atoms with E-state index in [1.165, 1.54) is 17.0 Å². The summed E-state index contributed by atoms with van der Waals surface area (Å²) < 4.78 is 37.4. The lowest BCUT2D eigenvalue weighted by atomic mass is 9.93. The molecule has 2 N–H and O–H groups in total. The minimum Gasteiger partial charge on any atom is -0.357 e. The number of benzene rings is 1. The van der Waals surface area contributed by atoms with E-state index in [9.17, 15) is 23.3 Å². The Morgan fingerprint density at radius 1 is 1.31 bits per heavy atom. The van der Waals surface area contributed by atoms with Gasteiger partial charge >= 0.3 is 6.18 Å². The van der Waals surface area contributed by atoms with Gasteiger partial charge in [0, 0.05) is 25.2 Å². The number of hydrogen-bond acceptors (Lipinski definition) is 4. The van der Waals surface area contributed by atoms with Crippen LogP contribution in [0.15, 0.2) is 29.3 Å². The van der Waals surface area contributed by atoms with Gasteiger partial charge in [-0.15, -0.1) is 0 Å². The summed E-state index contributed by atoms with van der Waals surface area (Å²) in [7, 11) is 0. The fourth-order valence-corrected chi connectivity index (χ4v) is 3.36. The van der Waals surface area contributed by atoms with E-state index >= 15 is 0 Å². The largest absolute Gasteiger partial charge is 0.401 e. The van der Waals surface area contributed by atoms with E-state index < -0.39 is 17.6 Å². The van der Waals surface area contributed by atoms with Crippen LogP contribution >= 0.6 is 0 Å². The van der Waals surface area contributed by atoms with Crippen LogP contribution in [0.4, 0.5) is 18.9 Å². The lowest BCUT2D eigenvalue weighted by Gasteiger charge is -2.32. The SMILES string of the molecule is CCNC(=NCc1cccc([N+](=O)[O-])c1)NCCC1CCN(CC(F)(F)F)CC1. The highest BCUT2D eigenvalue weighted by molar-refractivity contribution is 5.79. The smallest absolute Gasteiger partial charge is 0.357 e. The lowest BCUT2D eigenvalue weighted by molar-refractivity contribution is -0.384. The van der Waals surface area contributed by atoms with Crippen molar-refractivity contribution in [2.24, 2.45) is 10.9 Å². The summed E-state index contributed by atoms with van der Waals surface area (Å²) >= 11 is 0. The van der Waals surface area contributed by atoms with Gasteiger partial charge < -0.3 is 10.6 Å². The van der Waals surface area contributed by atoms with Crippen LogP contribution in [-0.4, -0.2) is 54.7 Å². The number of aliphatic imine (C=N–C) groups is 1. The third kappa shape index (κ3) is 8.68. The Hall–Kier alpha value is -2.36. The predicted molar refractivity (Wildman–Crippen MR) is 106 cm³/mol. The first-order chi connectivity index (χ1) is 13.8. The molecule has 1 saturated heterocycles. The third-order valence-corrected chi connectivity index (χ3v) is 4.84. The number of nitro groups is 1. The molecule has 0 bridgehead atoms. The van der Waals surface area contributed by atoms with E-state index in [2.05, 4.69) is 15.6 Å². The maximum Gasteiger partial charge on any atom is 0.401 e. The van der Waals surface area contributed by atoms with Crippen LogP contribution in [0.1, 0.15) is 31.7 Å². The number of nitrogens with zero attached hydrogens (tertiary/aromatic N) is 3. The van der Waals surface area contributed by atoms with Gasteiger partial charge in [-0.1, -0.05) is 12.1 Å². The number of non-ortho nitro benzene ring substituents is 1. The average molecular weight is 415 g/mol. The number of hydrogen-bond donors (Lipinski definition) is 2. The molecule has 0 saturated carbocycles. The van der Waals surface area contributed by atoms with Gasteiger partial charge in [-0.05, 0) is 50.8 Å². The van der Waals surface area contributed by atoms with Crippen LogP contribution in [0.2, 0.25) is 0 Å². The summed E-state index contributed by atoms with van der Waals surface area (Å²) in [6.07, 6.45) is -1.75. The molecule has 10 heteroatoms. The summed E-state index contributed by atoms with van der Waals surface area (Å²) in [5, 5.41) is 17.2. The zero-order valence-electron chi connectivity index (χ0n) is 16.5. The van der Waals surface area contributed by atoms with E-state index in [1.807, 2.05) is 6.92 Å². The molecule has 162 valence electrons. The molecule has 0 radical (unpaired) electrons. The number of rotatable bonds is 8. The molecular weight excluding hydrogens is 387 g/mol. The van der Waals surface area contributed by atoms with Crippen molar-refractivity contribution < 1.29 is 18.1 Å². The molecule has 0 spiro atoms. The van der Waals surface area contributed by atoms with Crippen LogP contribution in [0.3, 0.4) is 0 Å². The number of guanidine groups is 1. The Kier molecular flexibility index (Phi) is 8.69. The van der Waals surface area contributed by atoms with Crippen molar-refractivity contribution in [1.82, 2.24) is 15.5 Å². The maximum atomic E-state index is 12.5. The second-order valence-electron chi connectivity index (χ2n) is 7.17. The Labute approximate surface area is 168 Å². The van der Waals surface area contributed by atoms with Crippen LogP contribution in [-0.2, 0) is 6.54 Å². The molecule has 0 amide bonds. The predicted octanol–water partition coefficient (Wildman–Crippen LogP) is 3.31. The molecule has 0 atom stereocenters. The lowest BCUT2D eigenvalue weighted by Crippen LogP contribution is -2.41. The minimum absolute atomic E-state index is 0.0347. The molecule has 2 rings (SSSR count). The summed E-state index contributed by atoms with van der Waals surface area (Å²) in [6, 6.07) is 6.36. The molecule has 1 aliphatic rings. The van der Waals surface area contributed by atoms with E-state index in [0.717, 1.165) is 24.8 Å². The summed E-state index contributed by atoms with van der Waals surface area (Å²) in [4.78, 5) is 16.4. The fraction of sp³-hybridized carbons (Fsp3) is 0.632. The fourth-order valence-electron chi connectivity index (χ4n) is 3.36. The van der Waals surface area contributed by atoms with Crippen molar-refractivity contribution in [3.05, 3.63) is 39.9 Å². The molecule has 1 aliphatic heterocycles. The molecule has 0 unspecified atom stereocenters. The number of alkyl halides is 3. The number of likely N-dealkylation sites (tertiary alicyclic amines) is 1. The molecule has 0 aliphatic carbocycles. The second kappa shape index (κ2) is 11.0. The van der Waals surface area contributed by atoms with Crippen molar-refractivity contribution in [3.8, 4) is 0 Å². The molecule has 7 nitrogen and oxygen atoms in total. The molecule has 1 aromatic carbocycles. The first kappa shape index (κ1) is 22.9. The maximum absolute atomic E-state index is 12.5. The number of nitro benzene ring substituents is 1. The highest BCUT2D eigenvalue weighted by Gasteiger charge is 2.32. The normalized spacial score (nSPS) is 16.6. The van der Waals surface area contributed by atoms with Crippen molar-refractivity contribution >= 4 is 11.6 Å². The first-order valence-electron chi connectivity index (χ1n) is 9.81. The van der Waals surface area contributed by atoms with Crippen molar-refractivity contribution in [3.63, 3.8) is 0 Å². The molecule has 1 aromatic rings. The van der Waals surface area contributed by atoms with E-state index in [1.54, 1.807) is 12.1 Å². The zero-order valence-corrected chi connectivity index (χ0v) is 16.5. The molecular formula is C19H28F3N5O2. The Bertz CT molecular complexity index is 689. The zero-order chi connectivity index (χ0) is 21.3. The standard InChI is InChI=1S/C19H28F3N5O2/c1-2-23-18(25-13-16-4-3-5-17(12-16)27(28)29)24-9-6-15-7-10-26(11-8-15)14-19(20,21)22/h3-5,12,15H,2,6-11,13-14H2,1H3,(H2,23,24,25). The number of nitrogens with one attached hydrogen (secondary N) is 2. The first-order valence-corrected chi connectivity index (χ1v) is 9.81. The van der Waals surface area contributed by atoms with Gasteiger partial charge in [-0.25, -0.2) is 4.99 Å². The number of halogens is 3. The molecule has 1 fully saturated rings. The highest BCUT2D eigenvalue weighted by atomic mass is 19.4. The topological polar surface area (TPSA) is 82.8 Å². The van der Waals surface area contributed by atoms with Gasteiger partial charge in [-0.2, -0.15) is 13.2 Å². The quantitative estimate of drug-likeness (QED) is 0.295. The minimum atomic E-state index is -4.13. The van der Waals surface area contributed by atoms with Gasteiger partial charge in [0.2, 0.25) is 0 Å². The summed E-state index contributed by atoms with van der Waals surface area (Å²) in [6.45, 7) is 3.73. The van der Waals surface area contributed by atoms with Gasteiger partial charge in [-0.3, -0.25) is 15.0 Å². The Morgan fingerprint density at radius 3 is 2.66 bits per heavy atom. The Balaban J connectivity index is 1.77. The van der Waals surface area contributed by atoms with Crippen LogP contribution in [0.25, 0.3) is 0 Å². The summed E-state index contributed by atoms with van der Waals surface area (Å²) in [5.74, 6) is 1.01. The van der Waals surface area contributed by atoms with Crippen LogP contribution in [0, 0.1) is 16.0 Å². The van der Waals surface area contributed by atoms with Gasteiger partial charge in [0.1, 0.15) is 0 Å². The second-order valence-corrected chi connectivity index (χ2v) is 7.17. The van der Waals surface area contributed by atoms with E-state index in [0.29, 0.717) is 44.6 Å². The summed E-state index contributed by atoms with van der Waals surface area (Å²) in [5.41, 5.74) is 0.779. The van der Waals surface area contributed by atoms with Crippen LogP contribution < -0.4 is 10.6 Å². The van der Waals surface area contributed by atoms with Gasteiger partial charge in [0.15, 0.2) is 5.96 Å². The third-order valence-electron chi connectivity index (χ3n) is 4.84. The van der Waals surface area contributed by atoms with E-state index in [-0.39, 0.29) is 5.69 Å². The monoisotopic (exact) mass is 415 g/mol.